The lowest BCUT2D eigenvalue weighted by atomic mass is 10.3. The van der Waals surface area contributed by atoms with Gasteiger partial charge in [0.05, 0.1) is 6.20 Å². The quantitative estimate of drug-likeness (QED) is 0.710. The summed E-state index contributed by atoms with van der Waals surface area (Å²) in [6.07, 6.45) is 1.21. The normalized spacial score (nSPS) is 12.2. The maximum absolute atomic E-state index is 11.2. The zero-order valence-electron chi connectivity index (χ0n) is 8.10. The molecule has 2 aromatic rings. The molecule has 7 heteroatoms. The summed E-state index contributed by atoms with van der Waals surface area (Å²) < 4.78 is 23.9. The molecule has 0 spiro atoms. The van der Waals surface area contributed by atoms with Crippen LogP contribution in [0.3, 0.4) is 0 Å². The van der Waals surface area contributed by atoms with Gasteiger partial charge in [-0.2, -0.15) is 0 Å². The van der Waals surface area contributed by atoms with Crippen molar-refractivity contribution in [3.8, 4) is 0 Å². The minimum atomic E-state index is -3.79. The van der Waals surface area contributed by atoms with E-state index in [-0.39, 0.29) is 5.03 Å². The molecule has 0 aliphatic carbocycles. The first-order valence-corrected chi connectivity index (χ1v) is 6.47. The Hall–Kier alpha value is -1.14. The second-order valence-electron chi connectivity index (χ2n) is 3.21. The van der Waals surface area contributed by atoms with Gasteiger partial charge in [-0.3, -0.25) is 4.40 Å². The standard InChI is InChI=1S/C8H8ClN3O2S/c1-5-3-6(2)12-7(15(9,13)14)4-10-8(12)11-5/h3-4H,1-2H3. The lowest BCUT2D eigenvalue weighted by Crippen LogP contribution is -2.02. The smallest absolute Gasteiger partial charge is 0.270 e. The summed E-state index contributed by atoms with van der Waals surface area (Å²) in [5.41, 5.74) is 1.51. The first-order valence-electron chi connectivity index (χ1n) is 4.16. The predicted octanol–water partition coefficient (Wildman–Crippen LogP) is 1.27. The summed E-state index contributed by atoms with van der Waals surface area (Å²) in [7, 11) is 1.49. The summed E-state index contributed by atoms with van der Waals surface area (Å²) in [6.45, 7) is 3.59. The van der Waals surface area contributed by atoms with Crippen LogP contribution in [0.25, 0.3) is 5.78 Å². The topological polar surface area (TPSA) is 64.3 Å². The molecule has 0 aliphatic heterocycles. The third-order valence-electron chi connectivity index (χ3n) is 2.01. The average Bonchev–Trinajstić information content (AvgIpc) is 2.45. The molecule has 0 N–H and O–H groups in total. The Labute approximate surface area is 91.2 Å². The number of aromatic nitrogens is 3. The fraction of sp³-hybridized carbons (Fsp3) is 0.250. The van der Waals surface area contributed by atoms with Crippen LogP contribution in [0.4, 0.5) is 0 Å². The van der Waals surface area contributed by atoms with Gasteiger partial charge in [0.1, 0.15) is 0 Å². The van der Waals surface area contributed by atoms with Gasteiger partial charge in [0, 0.05) is 22.1 Å². The summed E-state index contributed by atoms with van der Waals surface area (Å²) >= 11 is 0. The highest BCUT2D eigenvalue weighted by molar-refractivity contribution is 8.13. The van der Waals surface area contributed by atoms with Crippen LogP contribution in [0.1, 0.15) is 11.4 Å². The highest BCUT2D eigenvalue weighted by Crippen LogP contribution is 2.18. The Morgan fingerprint density at radius 1 is 1.40 bits per heavy atom. The van der Waals surface area contributed by atoms with Gasteiger partial charge in [0.2, 0.25) is 5.78 Å². The molecule has 0 unspecified atom stereocenters. The molecule has 0 radical (unpaired) electrons. The molecular formula is C8H8ClN3O2S. The van der Waals surface area contributed by atoms with E-state index in [1.54, 1.807) is 13.0 Å². The van der Waals surface area contributed by atoms with Crippen molar-refractivity contribution < 1.29 is 8.42 Å². The maximum Gasteiger partial charge on any atom is 0.278 e. The van der Waals surface area contributed by atoms with Crippen LogP contribution in [-0.2, 0) is 9.05 Å². The van der Waals surface area contributed by atoms with Crippen LogP contribution in [0.15, 0.2) is 17.3 Å². The molecule has 15 heavy (non-hydrogen) atoms. The summed E-state index contributed by atoms with van der Waals surface area (Å²) in [5.74, 6) is 0.340. The van der Waals surface area contributed by atoms with Gasteiger partial charge in [-0.25, -0.2) is 18.4 Å². The molecule has 0 bridgehead atoms. The Kier molecular flexibility index (Phi) is 2.20. The van der Waals surface area contributed by atoms with Gasteiger partial charge in [-0.1, -0.05) is 0 Å². The molecule has 0 atom stereocenters. The van der Waals surface area contributed by atoms with Crippen LogP contribution >= 0.6 is 10.7 Å². The van der Waals surface area contributed by atoms with Crippen molar-refractivity contribution in [2.24, 2.45) is 0 Å². The second-order valence-corrected chi connectivity index (χ2v) is 5.72. The Balaban J connectivity index is 2.93. The van der Waals surface area contributed by atoms with Crippen molar-refractivity contribution in [2.75, 3.05) is 0 Å². The number of rotatable bonds is 1. The van der Waals surface area contributed by atoms with Crippen LogP contribution in [0.2, 0.25) is 0 Å². The van der Waals surface area contributed by atoms with Crippen molar-refractivity contribution in [2.45, 2.75) is 18.9 Å². The summed E-state index contributed by atoms with van der Waals surface area (Å²) in [5, 5.41) is -0.0517. The molecule has 0 aromatic carbocycles. The molecule has 5 nitrogen and oxygen atoms in total. The van der Waals surface area contributed by atoms with Crippen molar-refractivity contribution >= 4 is 25.5 Å². The number of hydrogen-bond acceptors (Lipinski definition) is 4. The van der Waals surface area contributed by atoms with Crippen molar-refractivity contribution in [1.82, 2.24) is 14.4 Å². The van der Waals surface area contributed by atoms with Crippen LogP contribution < -0.4 is 0 Å². The molecule has 80 valence electrons. The summed E-state index contributed by atoms with van der Waals surface area (Å²) in [6, 6.07) is 1.76. The van der Waals surface area contributed by atoms with E-state index >= 15 is 0 Å². The minimum Gasteiger partial charge on any atom is -0.270 e. The lowest BCUT2D eigenvalue weighted by molar-refractivity contribution is 0.604. The SMILES string of the molecule is Cc1cc(C)n2c(S(=O)(=O)Cl)cnc2n1. The largest absolute Gasteiger partial charge is 0.278 e. The number of fused-ring (bicyclic) bond motifs is 1. The highest BCUT2D eigenvalue weighted by atomic mass is 35.7. The molecule has 2 rings (SSSR count). The first-order chi connectivity index (χ1) is 6.89. The van der Waals surface area contributed by atoms with Crippen molar-refractivity contribution in [3.63, 3.8) is 0 Å². The number of hydrogen-bond donors (Lipinski definition) is 0. The van der Waals surface area contributed by atoms with E-state index < -0.39 is 9.05 Å². The Morgan fingerprint density at radius 3 is 2.67 bits per heavy atom. The van der Waals surface area contributed by atoms with Gasteiger partial charge < -0.3 is 0 Å². The highest BCUT2D eigenvalue weighted by Gasteiger charge is 2.18. The fourth-order valence-electron chi connectivity index (χ4n) is 1.47. The third kappa shape index (κ3) is 1.70. The van der Waals surface area contributed by atoms with Gasteiger partial charge in [0.25, 0.3) is 9.05 Å². The number of nitrogens with zero attached hydrogens (tertiary/aromatic N) is 3. The zero-order valence-corrected chi connectivity index (χ0v) is 9.67. The van der Waals surface area contributed by atoms with Crippen molar-refractivity contribution in [1.29, 1.82) is 0 Å². The Bertz CT molecular complexity index is 633. The van der Waals surface area contributed by atoms with Gasteiger partial charge in [0.15, 0.2) is 5.03 Å². The van der Waals surface area contributed by atoms with E-state index in [4.69, 9.17) is 10.7 Å². The number of halogens is 1. The average molecular weight is 246 g/mol. The van der Waals surface area contributed by atoms with Gasteiger partial charge >= 0.3 is 0 Å². The molecule has 0 saturated carbocycles. The first kappa shape index (κ1) is 10.4. The van der Waals surface area contributed by atoms with E-state index in [0.29, 0.717) is 5.78 Å². The summed E-state index contributed by atoms with van der Waals surface area (Å²) in [4.78, 5) is 7.99. The van der Waals surface area contributed by atoms with Gasteiger partial charge in [-0.15, -0.1) is 0 Å². The van der Waals surface area contributed by atoms with E-state index in [1.807, 2.05) is 6.92 Å². The molecule has 2 aromatic heterocycles. The monoisotopic (exact) mass is 245 g/mol. The predicted molar refractivity (Wildman–Crippen MR) is 55.5 cm³/mol. The molecule has 2 heterocycles. The fourth-order valence-corrected chi connectivity index (χ4v) is 2.42. The number of imidazole rings is 1. The van der Waals surface area contributed by atoms with E-state index in [9.17, 15) is 8.42 Å². The molecule has 0 saturated heterocycles. The molecule has 0 fully saturated rings. The van der Waals surface area contributed by atoms with Gasteiger partial charge in [-0.05, 0) is 19.9 Å². The van der Waals surface area contributed by atoms with Crippen LogP contribution in [0.5, 0.6) is 0 Å². The zero-order chi connectivity index (χ0) is 11.2. The lowest BCUT2D eigenvalue weighted by Gasteiger charge is -2.02. The molecular weight excluding hydrogens is 238 g/mol. The molecule has 0 aliphatic rings. The number of aryl methyl sites for hydroxylation is 2. The molecule has 0 amide bonds. The Morgan fingerprint density at radius 2 is 2.07 bits per heavy atom. The van der Waals surface area contributed by atoms with Crippen LogP contribution in [-0.4, -0.2) is 22.8 Å². The third-order valence-corrected chi connectivity index (χ3v) is 3.27. The minimum absolute atomic E-state index is 0.0517. The maximum atomic E-state index is 11.2. The second kappa shape index (κ2) is 3.18. The van der Waals surface area contributed by atoms with Crippen molar-refractivity contribution in [3.05, 3.63) is 23.7 Å². The van der Waals surface area contributed by atoms with E-state index in [1.165, 1.54) is 10.6 Å². The van der Waals surface area contributed by atoms with E-state index in [2.05, 4.69) is 9.97 Å². The van der Waals surface area contributed by atoms with E-state index in [0.717, 1.165) is 11.4 Å². The van der Waals surface area contributed by atoms with Crippen LogP contribution in [0, 0.1) is 13.8 Å².